The van der Waals surface area contributed by atoms with Gasteiger partial charge in [0, 0.05) is 24.0 Å². The van der Waals surface area contributed by atoms with E-state index in [1.54, 1.807) is 48.5 Å². The van der Waals surface area contributed by atoms with Crippen LogP contribution in [0.4, 0.5) is 5.69 Å². The molecule has 274 valence electrons. The highest BCUT2D eigenvalue weighted by atomic mass is 35.5. The van der Waals surface area contributed by atoms with Gasteiger partial charge in [0.05, 0.1) is 10.6 Å². The zero-order valence-electron chi connectivity index (χ0n) is 29.7. The number of para-hydroxylation sites is 1. The Labute approximate surface area is 317 Å². The molecule has 1 saturated carbocycles. The first-order valence-electron chi connectivity index (χ1n) is 18.0. The van der Waals surface area contributed by atoms with Gasteiger partial charge in [0.1, 0.15) is 24.1 Å². The number of sulfonamides is 1. The van der Waals surface area contributed by atoms with Crippen LogP contribution in [0.15, 0.2) is 138 Å². The largest absolute Gasteiger partial charge is 0.457 e. The predicted octanol–water partition coefficient (Wildman–Crippen LogP) is 8.73. The third-order valence-corrected chi connectivity index (χ3v) is 11.5. The number of benzene rings is 5. The van der Waals surface area contributed by atoms with Crippen LogP contribution in [0.25, 0.3) is 0 Å². The monoisotopic (exact) mass is 749 g/mol. The molecule has 5 aromatic carbocycles. The lowest BCUT2D eigenvalue weighted by molar-refractivity contribution is -0.140. The van der Waals surface area contributed by atoms with Crippen molar-refractivity contribution in [2.24, 2.45) is 0 Å². The van der Waals surface area contributed by atoms with E-state index < -0.39 is 28.5 Å². The van der Waals surface area contributed by atoms with Gasteiger partial charge in [-0.1, -0.05) is 109 Å². The van der Waals surface area contributed by atoms with Crippen molar-refractivity contribution in [1.82, 2.24) is 10.2 Å². The minimum atomic E-state index is -4.25. The topological polar surface area (TPSA) is 96.0 Å². The van der Waals surface area contributed by atoms with Gasteiger partial charge in [0.25, 0.3) is 10.0 Å². The molecule has 8 nitrogen and oxygen atoms in total. The van der Waals surface area contributed by atoms with E-state index >= 15 is 0 Å². The van der Waals surface area contributed by atoms with Crippen molar-refractivity contribution in [1.29, 1.82) is 0 Å². The Morgan fingerprint density at radius 3 is 2.00 bits per heavy atom. The van der Waals surface area contributed by atoms with Gasteiger partial charge in [0.15, 0.2) is 0 Å². The highest BCUT2D eigenvalue weighted by Gasteiger charge is 2.35. The summed E-state index contributed by atoms with van der Waals surface area (Å²) in [6.45, 7) is 1.39. The number of ether oxygens (including phenoxy) is 1. The van der Waals surface area contributed by atoms with E-state index in [0.717, 1.165) is 53.1 Å². The lowest BCUT2D eigenvalue weighted by Crippen LogP contribution is -2.55. The van der Waals surface area contributed by atoms with Crippen molar-refractivity contribution < 1.29 is 22.7 Å². The summed E-state index contributed by atoms with van der Waals surface area (Å²) >= 11 is 6.22. The van der Waals surface area contributed by atoms with E-state index in [2.05, 4.69) is 5.32 Å². The van der Waals surface area contributed by atoms with Crippen LogP contribution in [0.5, 0.6) is 11.5 Å². The van der Waals surface area contributed by atoms with Crippen molar-refractivity contribution in [2.75, 3.05) is 10.8 Å². The highest BCUT2D eigenvalue weighted by Crippen LogP contribution is 2.29. The molecular weight excluding hydrogens is 706 g/mol. The Balaban J connectivity index is 1.38. The standard InChI is InChI=1S/C43H44ClN3O5S/c1-32-17-27-40(28-18-32)53(50,51)47(37-23-25-39(26-24-37)52-38-15-9-4-10-16-38)31-42(48)46(30-34-19-21-35(44)22-20-34)41(29-33-11-5-2-6-12-33)43(49)45-36-13-7-3-8-14-36/h2,4-6,9-12,15-28,36,41H,3,7-8,13-14,29-31H2,1H3,(H,45,49)/t41-/m1/s1. The Bertz CT molecular complexity index is 2060. The molecule has 0 aliphatic heterocycles. The molecule has 6 rings (SSSR count). The quantitative estimate of drug-likeness (QED) is 0.123. The number of hydrogen-bond acceptors (Lipinski definition) is 5. The lowest BCUT2D eigenvalue weighted by Gasteiger charge is -2.35. The van der Waals surface area contributed by atoms with Crippen LogP contribution < -0.4 is 14.4 Å². The van der Waals surface area contributed by atoms with E-state index in [-0.39, 0.29) is 35.5 Å². The second kappa shape index (κ2) is 17.6. The second-order valence-corrected chi connectivity index (χ2v) is 15.7. The number of nitrogens with zero attached hydrogens (tertiary/aromatic N) is 2. The molecule has 0 unspecified atom stereocenters. The maximum atomic E-state index is 14.9. The van der Waals surface area contributed by atoms with Crippen LogP contribution in [0.1, 0.15) is 48.8 Å². The van der Waals surface area contributed by atoms with E-state index in [1.165, 1.54) is 17.0 Å². The number of anilines is 1. The maximum Gasteiger partial charge on any atom is 0.264 e. The summed E-state index contributed by atoms with van der Waals surface area (Å²) in [6, 6.07) is 38.1. The molecule has 53 heavy (non-hydrogen) atoms. The zero-order chi connectivity index (χ0) is 37.2. The van der Waals surface area contributed by atoms with Crippen LogP contribution in [-0.4, -0.2) is 43.8 Å². The number of aryl methyl sites for hydroxylation is 1. The lowest BCUT2D eigenvalue weighted by atomic mass is 9.94. The average Bonchev–Trinajstić information content (AvgIpc) is 3.17. The van der Waals surface area contributed by atoms with Gasteiger partial charge in [0.2, 0.25) is 11.8 Å². The molecule has 0 spiro atoms. The number of rotatable bonds is 14. The summed E-state index contributed by atoms with van der Waals surface area (Å²) in [5.41, 5.74) is 2.80. The fourth-order valence-electron chi connectivity index (χ4n) is 6.56. The first-order chi connectivity index (χ1) is 25.7. The second-order valence-electron chi connectivity index (χ2n) is 13.4. The van der Waals surface area contributed by atoms with Crippen LogP contribution in [0.3, 0.4) is 0 Å². The molecule has 0 aromatic heterocycles. The number of carbonyl (C=O) groups excluding carboxylic acids is 2. The van der Waals surface area contributed by atoms with Crippen molar-refractivity contribution in [2.45, 2.75) is 69.0 Å². The molecule has 1 aliphatic carbocycles. The summed E-state index contributed by atoms with van der Waals surface area (Å²) in [6.07, 6.45) is 5.19. The van der Waals surface area contributed by atoms with Gasteiger partial charge in [-0.3, -0.25) is 13.9 Å². The molecule has 0 radical (unpaired) electrons. The zero-order valence-corrected chi connectivity index (χ0v) is 31.3. The first-order valence-corrected chi connectivity index (χ1v) is 19.8. The Kier molecular flexibility index (Phi) is 12.5. The normalized spacial score (nSPS) is 13.8. The SMILES string of the molecule is Cc1ccc(S(=O)(=O)N(CC(=O)N(Cc2ccc(Cl)cc2)[C@H](Cc2ccccc2)C(=O)NC2CCCCC2)c2ccc(Oc3ccccc3)cc2)cc1. The van der Waals surface area contributed by atoms with Crippen LogP contribution in [0.2, 0.25) is 5.02 Å². The minimum Gasteiger partial charge on any atom is -0.457 e. The van der Waals surface area contributed by atoms with Gasteiger partial charge in [-0.2, -0.15) is 0 Å². The molecule has 1 aliphatic rings. The molecule has 10 heteroatoms. The predicted molar refractivity (Wildman–Crippen MR) is 210 cm³/mol. The van der Waals surface area contributed by atoms with Crippen molar-refractivity contribution in [3.63, 3.8) is 0 Å². The minimum absolute atomic E-state index is 0.0111. The summed E-state index contributed by atoms with van der Waals surface area (Å²) in [5.74, 6) is 0.345. The third-order valence-electron chi connectivity index (χ3n) is 9.48. The number of amides is 2. The fourth-order valence-corrected chi connectivity index (χ4v) is 8.10. The Hall–Kier alpha value is -5.12. The van der Waals surface area contributed by atoms with Gasteiger partial charge >= 0.3 is 0 Å². The van der Waals surface area contributed by atoms with E-state index in [4.69, 9.17) is 16.3 Å². The van der Waals surface area contributed by atoms with Gasteiger partial charge < -0.3 is 15.0 Å². The summed E-state index contributed by atoms with van der Waals surface area (Å²) < 4.78 is 36.0. The molecule has 1 fully saturated rings. The Morgan fingerprint density at radius 1 is 0.755 bits per heavy atom. The number of carbonyl (C=O) groups is 2. The maximum absolute atomic E-state index is 14.9. The summed E-state index contributed by atoms with van der Waals surface area (Å²) in [7, 11) is -4.25. The number of hydrogen-bond donors (Lipinski definition) is 1. The van der Waals surface area contributed by atoms with Crippen LogP contribution in [-0.2, 0) is 32.6 Å². The highest BCUT2D eigenvalue weighted by molar-refractivity contribution is 7.92. The molecule has 1 N–H and O–H groups in total. The van der Waals surface area contributed by atoms with Gasteiger partial charge in [-0.25, -0.2) is 8.42 Å². The molecule has 2 amide bonds. The fraction of sp³-hybridized carbons (Fsp3) is 0.256. The number of nitrogens with one attached hydrogen (secondary N) is 1. The number of halogens is 1. The van der Waals surface area contributed by atoms with Crippen molar-refractivity contribution in [3.05, 3.63) is 155 Å². The van der Waals surface area contributed by atoms with Crippen molar-refractivity contribution in [3.8, 4) is 11.5 Å². The van der Waals surface area contributed by atoms with E-state index in [0.29, 0.717) is 16.5 Å². The van der Waals surface area contributed by atoms with E-state index in [1.807, 2.05) is 79.7 Å². The summed E-state index contributed by atoms with van der Waals surface area (Å²) in [5, 5.41) is 3.78. The summed E-state index contributed by atoms with van der Waals surface area (Å²) in [4.78, 5) is 30.7. The van der Waals surface area contributed by atoms with E-state index in [9.17, 15) is 18.0 Å². The molecular formula is C43H44ClN3O5S. The van der Waals surface area contributed by atoms with Gasteiger partial charge in [-0.15, -0.1) is 0 Å². The average molecular weight is 750 g/mol. The van der Waals surface area contributed by atoms with Crippen molar-refractivity contribution >= 4 is 39.1 Å². The third kappa shape index (κ3) is 10.1. The molecule has 0 saturated heterocycles. The van der Waals surface area contributed by atoms with Crippen LogP contribution in [0, 0.1) is 6.92 Å². The molecule has 0 bridgehead atoms. The smallest absolute Gasteiger partial charge is 0.264 e. The first kappa shape index (κ1) is 37.6. The Morgan fingerprint density at radius 2 is 1.36 bits per heavy atom. The van der Waals surface area contributed by atoms with Crippen LogP contribution >= 0.6 is 11.6 Å². The molecule has 0 heterocycles. The molecule has 1 atom stereocenters. The van der Waals surface area contributed by atoms with Gasteiger partial charge in [-0.05, 0) is 91.6 Å². The molecule has 5 aromatic rings.